The molecular formula is C18H22N2O. The maximum atomic E-state index is 12.6. The minimum atomic E-state index is 0.0273. The average Bonchev–Trinajstić information content (AvgIpc) is 2.94. The Hall–Kier alpha value is -2.03. The third-order valence-corrected chi connectivity index (χ3v) is 4.21. The highest BCUT2D eigenvalue weighted by Gasteiger charge is 2.32. The number of hydrogen-bond acceptors (Lipinski definition) is 1. The van der Waals surface area contributed by atoms with Crippen LogP contribution >= 0.6 is 0 Å². The van der Waals surface area contributed by atoms with Crippen molar-refractivity contribution in [3.8, 4) is 0 Å². The molecule has 1 aromatic carbocycles. The standard InChI is InChI=1S/C18H22N2O/c1-13(2)18(21)20-12-11-19-10-4-5-16(19)17(20)15-8-6-14(3)7-9-15/h4-10,13,17H,11-12H2,1-3H3. The van der Waals surface area contributed by atoms with Crippen molar-refractivity contribution >= 4 is 5.91 Å². The lowest BCUT2D eigenvalue weighted by Crippen LogP contribution is -2.44. The third-order valence-electron chi connectivity index (χ3n) is 4.21. The highest BCUT2D eigenvalue weighted by molar-refractivity contribution is 5.79. The second-order valence-corrected chi connectivity index (χ2v) is 6.13. The summed E-state index contributed by atoms with van der Waals surface area (Å²) in [6, 6.07) is 12.8. The summed E-state index contributed by atoms with van der Waals surface area (Å²) in [7, 11) is 0. The molecule has 0 spiro atoms. The Labute approximate surface area is 126 Å². The van der Waals surface area contributed by atoms with Crippen LogP contribution in [0.2, 0.25) is 0 Å². The number of nitrogens with zero attached hydrogens (tertiary/aromatic N) is 2. The van der Waals surface area contributed by atoms with Gasteiger partial charge in [-0.25, -0.2) is 0 Å². The molecule has 1 aliphatic rings. The summed E-state index contributed by atoms with van der Waals surface area (Å²) >= 11 is 0. The van der Waals surface area contributed by atoms with Crippen molar-refractivity contribution < 1.29 is 4.79 Å². The van der Waals surface area contributed by atoms with E-state index in [2.05, 4.69) is 54.1 Å². The fraction of sp³-hybridized carbons (Fsp3) is 0.389. The minimum Gasteiger partial charge on any atom is -0.348 e. The summed E-state index contributed by atoms with van der Waals surface area (Å²) in [6.45, 7) is 7.69. The van der Waals surface area contributed by atoms with Crippen LogP contribution < -0.4 is 0 Å². The molecule has 1 aromatic heterocycles. The van der Waals surface area contributed by atoms with Crippen LogP contribution in [-0.2, 0) is 11.3 Å². The Balaban J connectivity index is 2.06. The summed E-state index contributed by atoms with van der Waals surface area (Å²) < 4.78 is 2.26. The predicted octanol–water partition coefficient (Wildman–Crippen LogP) is 3.38. The van der Waals surface area contributed by atoms with Crippen molar-refractivity contribution in [2.75, 3.05) is 6.54 Å². The summed E-state index contributed by atoms with van der Waals surface area (Å²) in [6.07, 6.45) is 2.10. The van der Waals surface area contributed by atoms with Crippen molar-refractivity contribution in [2.24, 2.45) is 5.92 Å². The van der Waals surface area contributed by atoms with Gasteiger partial charge >= 0.3 is 0 Å². The smallest absolute Gasteiger partial charge is 0.226 e. The summed E-state index contributed by atoms with van der Waals surface area (Å²) in [5.74, 6) is 0.257. The van der Waals surface area contributed by atoms with Gasteiger partial charge in [0, 0.05) is 30.9 Å². The molecule has 2 aromatic rings. The van der Waals surface area contributed by atoms with Crippen LogP contribution in [0.3, 0.4) is 0 Å². The van der Waals surface area contributed by atoms with Crippen molar-refractivity contribution in [3.05, 3.63) is 59.4 Å². The van der Waals surface area contributed by atoms with Crippen LogP contribution in [0.15, 0.2) is 42.6 Å². The first-order chi connectivity index (χ1) is 10.1. The van der Waals surface area contributed by atoms with Crippen molar-refractivity contribution in [2.45, 2.75) is 33.4 Å². The van der Waals surface area contributed by atoms with E-state index >= 15 is 0 Å². The van der Waals surface area contributed by atoms with Crippen LogP contribution in [-0.4, -0.2) is 21.9 Å². The molecule has 0 aliphatic carbocycles. The zero-order valence-corrected chi connectivity index (χ0v) is 12.9. The molecule has 3 nitrogen and oxygen atoms in total. The predicted molar refractivity (Wildman–Crippen MR) is 84.0 cm³/mol. The van der Waals surface area contributed by atoms with Crippen LogP contribution in [0.1, 0.15) is 36.7 Å². The maximum Gasteiger partial charge on any atom is 0.226 e. The van der Waals surface area contributed by atoms with E-state index in [-0.39, 0.29) is 17.9 Å². The van der Waals surface area contributed by atoms with E-state index in [9.17, 15) is 4.79 Å². The quantitative estimate of drug-likeness (QED) is 0.829. The monoisotopic (exact) mass is 282 g/mol. The van der Waals surface area contributed by atoms with E-state index in [0.29, 0.717) is 0 Å². The Kier molecular flexibility index (Phi) is 3.58. The molecule has 0 bridgehead atoms. The lowest BCUT2D eigenvalue weighted by atomic mass is 9.97. The number of fused-ring (bicyclic) bond motifs is 1. The van der Waals surface area contributed by atoms with Gasteiger partial charge in [0.2, 0.25) is 5.91 Å². The first-order valence-electron chi connectivity index (χ1n) is 7.60. The van der Waals surface area contributed by atoms with Crippen molar-refractivity contribution in [3.63, 3.8) is 0 Å². The number of aromatic nitrogens is 1. The molecule has 1 aliphatic heterocycles. The van der Waals surface area contributed by atoms with E-state index in [4.69, 9.17) is 0 Å². The number of carbonyl (C=O) groups excluding carboxylic acids is 1. The van der Waals surface area contributed by atoms with Crippen LogP contribution in [0, 0.1) is 12.8 Å². The van der Waals surface area contributed by atoms with E-state index in [1.54, 1.807) is 0 Å². The third kappa shape index (κ3) is 2.48. The Morgan fingerprint density at radius 1 is 1.14 bits per heavy atom. The summed E-state index contributed by atoms with van der Waals surface area (Å²) in [4.78, 5) is 14.6. The van der Waals surface area contributed by atoms with Gasteiger partial charge in [0.25, 0.3) is 0 Å². The summed E-state index contributed by atoms with van der Waals surface area (Å²) in [5, 5.41) is 0. The zero-order chi connectivity index (χ0) is 15.0. The molecule has 110 valence electrons. The second kappa shape index (κ2) is 5.40. The Morgan fingerprint density at radius 2 is 1.86 bits per heavy atom. The maximum absolute atomic E-state index is 12.6. The Morgan fingerprint density at radius 3 is 2.52 bits per heavy atom. The van der Waals surface area contributed by atoms with E-state index < -0.39 is 0 Å². The van der Waals surface area contributed by atoms with Gasteiger partial charge in [-0.15, -0.1) is 0 Å². The molecule has 1 amide bonds. The SMILES string of the molecule is Cc1ccc(C2c3cccn3CCN2C(=O)C(C)C)cc1. The summed E-state index contributed by atoms with van der Waals surface area (Å²) in [5.41, 5.74) is 3.64. The first kappa shape index (κ1) is 13.9. The fourth-order valence-corrected chi connectivity index (χ4v) is 3.05. The van der Waals surface area contributed by atoms with Gasteiger partial charge in [0.15, 0.2) is 0 Å². The molecule has 21 heavy (non-hydrogen) atoms. The van der Waals surface area contributed by atoms with E-state index in [1.807, 2.05) is 18.7 Å². The van der Waals surface area contributed by atoms with Crippen LogP contribution in [0.4, 0.5) is 0 Å². The van der Waals surface area contributed by atoms with Gasteiger partial charge in [0.05, 0.1) is 6.04 Å². The number of rotatable bonds is 2. The molecule has 0 saturated carbocycles. The minimum absolute atomic E-state index is 0.0273. The Bertz CT molecular complexity index is 639. The molecule has 2 heterocycles. The second-order valence-electron chi connectivity index (χ2n) is 6.13. The zero-order valence-electron chi connectivity index (χ0n) is 12.9. The van der Waals surface area contributed by atoms with Crippen LogP contribution in [0.5, 0.6) is 0 Å². The topological polar surface area (TPSA) is 25.2 Å². The average molecular weight is 282 g/mol. The lowest BCUT2D eigenvalue weighted by Gasteiger charge is -2.38. The molecule has 0 N–H and O–H groups in total. The highest BCUT2D eigenvalue weighted by atomic mass is 16.2. The number of carbonyl (C=O) groups is 1. The van der Waals surface area contributed by atoms with Crippen molar-refractivity contribution in [1.29, 1.82) is 0 Å². The number of aryl methyl sites for hydroxylation is 1. The number of benzene rings is 1. The normalized spacial score (nSPS) is 17.9. The van der Waals surface area contributed by atoms with Gasteiger partial charge in [-0.05, 0) is 24.6 Å². The van der Waals surface area contributed by atoms with Crippen LogP contribution in [0.25, 0.3) is 0 Å². The molecule has 3 rings (SSSR count). The van der Waals surface area contributed by atoms with Crippen molar-refractivity contribution in [1.82, 2.24) is 9.47 Å². The number of hydrogen-bond donors (Lipinski definition) is 0. The van der Waals surface area contributed by atoms with E-state index in [1.165, 1.54) is 16.8 Å². The van der Waals surface area contributed by atoms with Gasteiger partial charge in [-0.2, -0.15) is 0 Å². The molecule has 1 unspecified atom stereocenters. The van der Waals surface area contributed by atoms with E-state index in [0.717, 1.165) is 13.1 Å². The number of amides is 1. The molecule has 0 radical (unpaired) electrons. The van der Waals surface area contributed by atoms with Gasteiger partial charge in [-0.1, -0.05) is 43.7 Å². The molecule has 1 atom stereocenters. The molecule has 0 saturated heterocycles. The molecule has 3 heteroatoms. The fourth-order valence-electron chi connectivity index (χ4n) is 3.05. The van der Waals surface area contributed by atoms with Gasteiger partial charge in [-0.3, -0.25) is 4.79 Å². The largest absolute Gasteiger partial charge is 0.348 e. The molecule has 0 fully saturated rings. The highest BCUT2D eigenvalue weighted by Crippen LogP contribution is 2.33. The van der Waals surface area contributed by atoms with Gasteiger partial charge in [0.1, 0.15) is 0 Å². The van der Waals surface area contributed by atoms with Gasteiger partial charge < -0.3 is 9.47 Å². The molecular weight excluding hydrogens is 260 g/mol. The first-order valence-corrected chi connectivity index (χ1v) is 7.60. The lowest BCUT2D eigenvalue weighted by molar-refractivity contribution is -0.137.